The molecule has 0 spiro atoms. The molecule has 0 saturated carbocycles. The summed E-state index contributed by atoms with van der Waals surface area (Å²) in [5.41, 5.74) is 2.05. The Hall–Kier alpha value is -1.98. The van der Waals surface area contributed by atoms with Gasteiger partial charge in [-0.2, -0.15) is 0 Å². The fourth-order valence-electron chi connectivity index (χ4n) is 2.93. The normalized spacial score (nSPS) is 11.7. The molecule has 0 aliphatic rings. The van der Waals surface area contributed by atoms with Crippen molar-refractivity contribution < 1.29 is 9.59 Å². The van der Waals surface area contributed by atoms with Crippen LogP contribution in [0.1, 0.15) is 30.9 Å². The summed E-state index contributed by atoms with van der Waals surface area (Å²) in [6.45, 7) is 4.28. The van der Waals surface area contributed by atoms with Crippen molar-refractivity contribution in [2.75, 3.05) is 12.8 Å². The zero-order chi connectivity index (χ0) is 20.5. The van der Waals surface area contributed by atoms with Gasteiger partial charge in [0, 0.05) is 35.7 Å². The number of nitrogens with one attached hydrogen (secondary N) is 1. The van der Waals surface area contributed by atoms with Crippen LogP contribution in [0.5, 0.6) is 0 Å². The molecule has 2 aromatic carbocycles. The summed E-state index contributed by atoms with van der Waals surface area (Å²) in [5, 5.41) is 3.27. The molecule has 4 nitrogen and oxygen atoms in total. The summed E-state index contributed by atoms with van der Waals surface area (Å²) in [6.07, 6.45) is 0.900. The summed E-state index contributed by atoms with van der Waals surface area (Å²) in [7, 11) is 1.59. The van der Waals surface area contributed by atoms with E-state index in [1.807, 2.05) is 32.0 Å². The Morgan fingerprint density at radius 3 is 2.43 bits per heavy atom. The third kappa shape index (κ3) is 6.28. The third-order valence-electron chi connectivity index (χ3n) is 4.54. The van der Waals surface area contributed by atoms with Gasteiger partial charge >= 0.3 is 0 Å². The molecule has 6 heteroatoms. The van der Waals surface area contributed by atoms with E-state index in [2.05, 4.69) is 29.6 Å². The summed E-state index contributed by atoms with van der Waals surface area (Å²) in [5.74, 6) is 0.453. The van der Waals surface area contributed by atoms with Gasteiger partial charge in [-0.25, -0.2) is 0 Å². The Labute approximate surface area is 176 Å². The monoisotopic (exact) mass is 418 g/mol. The predicted molar refractivity (Wildman–Crippen MR) is 117 cm³/mol. The minimum absolute atomic E-state index is 0.0463. The first-order chi connectivity index (χ1) is 13.5. The number of halogens is 1. The smallest absolute Gasteiger partial charge is 0.242 e. The number of rotatable bonds is 9. The second-order valence-corrected chi connectivity index (χ2v) is 8.14. The molecule has 0 radical (unpaired) electrons. The van der Waals surface area contributed by atoms with Crippen molar-refractivity contribution in [2.45, 2.75) is 44.2 Å². The molecule has 2 aromatic rings. The van der Waals surface area contributed by atoms with Crippen molar-refractivity contribution in [2.24, 2.45) is 0 Å². The summed E-state index contributed by atoms with van der Waals surface area (Å²) >= 11 is 7.93. The number of likely N-dealkylation sites (N-methyl/N-ethyl adjacent to an activating group) is 1. The van der Waals surface area contributed by atoms with Gasteiger partial charge in [-0.3, -0.25) is 9.59 Å². The Kier molecular flexibility index (Phi) is 8.87. The predicted octanol–water partition coefficient (Wildman–Crippen LogP) is 4.68. The van der Waals surface area contributed by atoms with E-state index >= 15 is 0 Å². The number of hydrogen-bond acceptors (Lipinski definition) is 3. The minimum Gasteiger partial charge on any atom is -0.357 e. The number of benzene rings is 2. The third-order valence-corrected chi connectivity index (χ3v) is 5.92. The van der Waals surface area contributed by atoms with Crippen molar-refractivity contribution in [3.63, 3.8) is 0 Å². The van der Waals surface area contributed by atoms with Crippen LogP contribution in [0.4, 0.5) is 0 Å². The van der Waals surface area contributed by atoms with Gasteiger partial charge in [0.1, 0.15) is 6.04 Å². The van der Waals surface area contributed by atoms with Gasteiger partial charge in [-0.1, -0.05) is 54.4 Å². The molecule has 1 N–H and O–H groups in total. The number of carbonyl (C=O) groups excluding carboxylic acids is 2. The van der Waals surface area contributed by atoms with Crippen molar-refractivity contribution in [3.05, 3.63) is 64.7 Å². The van der Waals surface area contributed by atoms with Crippen LogP contribution in [0.3, 0.4) is 0 Å². The van der Waals surface area contributed by atoms with Gasteiger partial charge in [0.15, 0.2) is 0 Å². The lowest BCUT2D eigenvalue weighted by molar-refractivity contribution is -0.140. The van der Waals surface area contributed by atoms with Gasteiger partial charge < -0.3 is 10.2 Å². The van der Waals surface area contributed by atoms with Gasteiger partial charge in [0.2, 0.25) is 11.8 Å². The average molecular weight is 419 g/mol. The summed E-state index contributed by atoms with van der Waals surface area (Å²) in [4.78, 5) is 28.1. The number of amides is 2. The van der Waals surface area contributed by atoms with Gasteiger partial charge in [0.05, 0.1) is 0 Å². The first-order valence-electron chi connectivity index (χ1n) is 9.40. The van der Waals surface area contributed by atoms with E-state index < -0.39 is 6.04 Å². The number of aryl methyl sites for hydroxylation is 1. The topological polar surface area (TPSA) is 49.4 Å². The number of thioether (sulfide) groups is 1. The highest BCUT2D eigenvalue weighted by atomic mass is 35.5. The average Bonchev–Trinajstić information content (AvgIpc) is 2.70. The first-order valence-corrected chi connectivity index (χ1v) is 10.8. The van der Waals surface area contributed by atoms with Gasteiger partial charge in [-0.05, 0) is 37.1 Å². The highest BCUT2D eigenvalue weighted by Crippen LogP contribution is 2.23. The maximum absolute atomic E-state index is 13.0. The lowest BCUT2D eigenvalue weighted by atomic mass is 10.1. The van der Waals surface area contributed by atoms with E-state index in [9.17, 15) is 9.59 Å². The standard InChI is InChI=1S/C22H27ClN2O2S/c1-4-20(22(27)24-3)25(15-17-7-5-6-8-19(17)23)21(26)13-14-28-18-11-9-16(2)10-12-18/h5-12,20H,4,13-15H2,1-3H3,(H,24,27)/t20-/m1/s1. The first kappa shape index (κ1) is 22.3. The molecule has 0 heterocycles. The van der Waals surface area contributed by atoms with Crippen LogP contribution in [-0.4, -0.2) is 35.6 Å². The fourth-order valence-corrected chi connectivity index (χ4v) is 3.97. The second kappa shape index (κ2) is 11.1. The largest absolute Gasteiger partial charge is 0.357 e. The number of carbonyl (C=O) groups is 2. The van der Waals surface area contributed by atoms with E-state index in [1.54, 1.807) is 29.8 Å². The van der Waals surface area contributed by atoms with Crippen molar-refractivity contribution in [3.8, 4) is 0 Å². The Morgan fingerprint density at radius 2 is 1.82 bits per heavy atom. The highest BCUT2D eigenvalue weighted by molar-refractivity contribution is 7.99. The molecular weight excluding hydrogens is 392 g/mol. The molecule has 0 aromatic heterocycles. The lowest BCUT2D eigenvalue weighted by Crippen LogP contribution is -2.48. The molecule has 0 aliphatic carbocycles. The number of nitrogens with zero attached hydrogens (tertiary/aromatic N) is 1. The van der Waals surface area contributed by atoms with Crippen LogP contribution in [-0.2, 0) is 16.1 Å². The van der Waals surface area contributed by atoms with Crippen LogP contribution >= 0.6 is 23.4 Å². The van der Waals surface area contributed by atoms with Crippen LogP contribution in [0.2, 0.25) is 5.02 Å². The molecular formula is C22H27ClN2O2S. The quantitative estimate of drug-likeness (QED) is 0.601. The molecule has 0 aliphatic heterocycles. The zero-order valence-electron chi connectivity index (χ0n) is 16.6. The number of hydrogen-bond donors (Lipinski definition) is 1. The minimum atomic E-state index is -0.516. The van der Waals surface area contributed by atoms with E-state index in [0.29, 0.717) is 30.2 Å². The molecule has 2 amide bonds. The van der Waals surface area contributed by atoms with Gasteiger partial charge in [-0.15, -0.1) is 11.8 Å². The van der Waals surface area contributed by atoms with Crippen molar-refractivity contribution in [1.29, 1.82) is 0 Å². The van der Waals surface area contributed by atoms with Crippen LogP contribution in [0.15, 0.2) is 53.4 Å². The molecule has 0 bridgehead atoms. The maximum Gasteiger partial charge on any atom is 0.242 e. The highest BCUT2D eigenvalue weighted by Gasteiger charge is 2.28. The molecule has 0 fully saturated rings. The van der Waals surface area contributed by atoms with Crippen LogP contribution in [0.25, 0.3) is 0 Å². The maximum atomic E-state index is 13.0. The van der Waals surface area contributed by atoms with E-state index in [-0.39, 0.29) is 11.8 Å². The van der Waals surface area contributed by atoms with E-state index in [0.717, 1.165) is 10.5 Å². The summed E-state index contributed by atoms with van der Waals surface area (Å²) in [6, 6.07) is 15.2. The summed E-state index contributed by atoms with van der Waals surface area (Å²) < 4.78 is 0. The molecule has 28 heavy (non-hydrogen) atoms. The molecule has 0 saturated heterocycles. The molecule has 0 unspecified atom stereocenters. The van der Waals surface area contributed by atoms with E-state index in [4.69, 9.17) is 11.6 Å². The van der Waals surface area contributed by atoms with E-state index in [1.165, 1.54) is 5.56 Å². The van der Waals surface area contributed by atoms with Crippen LogP contribution in [0, 0.1) is 6.92 Å². The van der Waals surface area contributed by atoms with Crippen molar-refractivity contribution in [1.82, 2.24) is 10.2 Å². The Balaban J connectivity index is 2.10. The molecule has 150 valence electrons. The van der Waals surface area contributed by atoms with Crippen molar-refractivity contribution >= 4 is 35.2 Å². The Morgan fingerprint density at radius 1 is 1.14 bits per heavy atom. The van der Waals surface area contributed by atoms with Gasteiger partial charge in [0.25, 0.3) is 0 Å². The Bertz CT molecular complexity index is 795. The lowest BCUT2D eigenvalue weighted by Gasteiger charge is -2.30. The zero-order valence-corrected chi connectivity index (χ0v) is 18.1. The fraction of sp³-hybridized carbons (Fsp3) is 0.364. The molecule has 2 rings (SSSR count). The second-order valence-electron chi connectivity index (χ2n) is 6.56. The SMILES string of the molecule is CC[C@H](C(=O)NC)N(Cc1ccccc1Cl)C(=O)CCSc1ccc(C)cc1. The van der Waals surface area contributed by atoms with Crippen LogP contribution < -0.4 is 5.32 Å². The molecule has 1 atom stereocenters.